The first-order valence-corrected chi connectivity index (χ1v) is 25.1. The van der Waals surface area contributed by atoms with E-state index < -0.39 is 0 Å². The van der Waals surface area contributed by atoms with Crippen LogP contribution in [0.1, 0.15) is 186 Å². The highest BCUT2D eigenvalue weighted by Crippen LogP contribution is 2.43. The third-order valence-corrected chi connectivity index (χ3v) is 13.9. The van der Waals surface area contributed by atoms with E-state index in [0.29, 0.717) is 0 Å². The van der Waals surface area contributed by atoms with E-state index in [-0.39, 0.29) is 32.5 Å². The van der Waals surface area contributed by atoms with E-state index in [1.807, 2.05) is 0 Å². The fraction of sp³-hybridized carbons (Fsp3) is 0.375. The molecule has 8 bridgehead atoms. The predicted molar refractivity (Wildman–Crippen MR) is 302 cm³/mol. The lowest BCUT2D eigenvalue weighted by atomic mass is 9.78. The molecule has 4 nitrogen and oxygen atoms in total. The largest absolute Gasteiger partial charge is 0.724 e. The second kappa shape index (κ2) is 17.2. The maximum absolute atomic E-state index is 5.73. The van der Waals surface area contributed by atoms with Crippen LogP contribution < -0.4 is 0 Å². The van der Waals surface area contributed by atoms with Crippen molar-refractivity contribution in [1.82, 2.24) is 19.9 Å². The summed E-state index contributed by atoms with van der Waals surface area (Å²) < 4.78 is 0. The van der Waals surface area contributed by atoms with Crippen LogP contribution in [0.5, 0.6) is 0 Å². The van der Waals surface area contributed by atoms with E-state index in [2.05, 4.69) is 249 Å². The Labute approximate surface area is 419 Å². The Hall–Kier alpha value is -5.96. The number of rotatable bonds is 3. The number of nitrogens with zero attached hydrogens (tertiary/aromatic N) is 2. The van der Waals surface area contributed by atoms with Crippen molar-refractivity contribution >= 4 is 59.0 Å². The van der Waals surface area contributed by atoms with Crippen LogP contribution in [0.4, 0.5) is 0 Å². The topological polar surface area (TPSA) is 57.4 Å². The molecule has 0 spiro atoms. The number of hydrogen-bond acceptors (Lipinski definition) is 3. The molecule has 3 aromatic carbocycles. The Balaban J connectivity index is 1.62. The average Bonchev–Trinajstić information content (AvgIpc) is 4.08. The van der Waals surface area contributed by atoms with Crippen molar-refractivity contribution < 1.29 is 0 Å². The third kappa shape index (κ3) is 10.1. The zero-order chi connectivity index (χ0) is 50.4. The van der Waals surface area contributed by atoms with Gasteiger partial charge in [0.25, 0.3) is 0 Å². The van der Waals surface area contributed by atoms with Gasteiger partial charge in [0.05, 0.1) is 33.9 Å². The molecule has 0 amide bonds. The molecule has 0 saturated carbocycles. The van der Waals surface area contributed by atoms with E-state index in [9.17, 15) is 0 Å². The van der Waals surface area contributed by atoms with Gasteiger partial charge in [0.2, 0.25) is 0 Å². The Morgan fingerprint density at radius 1 is 0.348 bits per heavy atom. The molecule has 356 valence electrons. The molecular formula is C64H73N4S-. The minimum atomic E-state index is -0.0914. The van der Waals surface area contributed by atoms with Gasteiger partial charge < -0.3 is 22.6 Å². The van der Waals surface area contributed by atoms with E-state index in [1.54, 1.807) is 0 Å². The molecule has 2 aliphatic rings. The summed E-state index contributed by atoms with van der Waals surface area (Å²) in [6.07, 6.45) is 8.64. The zero-order valence-corrected chi connectivity index (χ0v) is 45.4. The first-order valence-electron chi connectivity index (χ1n) is 24.7. The molecule has 0 radical (unpaired) electrons. The van der Waals surface area contributed by atoms with Crippen LogP contribution in [0.15, 0.2) is 78.9 Å². The maximum atomic E-state index is 5.73. The van der Waals surface area contributed by atoms with E-state index in [4.69, 9.17) is 22.6 Å². The summed E-state index contributed by atoms with van der Waals surface area (Å²) in [5.41, 5.74) is 21.4. The number of fused-ring (bicyclic) bond motifs is 8. The lowest BCUT2D eigenvalue weighted by Crippen LogP contribution is -2.16. The summed E-state index contributed by atoms with van der Waals surface area (Å²) in [6.45, 7) is 41.3. The summed E-state index contributed by atoms with van der Waals surface area (Å²) in [6, 6.07) is 30.1. The standard InChI is InChI=1S/C64H74N4S/c1-59(2,3)41-29-38(30-42(35-41)60(4,5)6)56-50-21-19-48(65-50)47(27-28-69)49-20-22-51(66-49)57(39-31-43(61(7,8)9)36-44(32-39)62(10,11)12)53-24-26-55(68-53)58(54-25-23-52(56)67-54)40-33-45(63(13,14)15)37-46(34-40)64(16,17)18/h19-26,29-37,65,68-69H,1-18H3/p-1. The van der Waals surface area contributed by atoms with Gasteiger partial charge >= 0.3 is 0 Å². The van der Waals surface area contributed by atoms with Crippen molar-refractivity contribution in [1.29, 1.82) is 0 Å². The van der Waals surface area contributed by atoms with Crippen molar-refractivity contribution in [3.05, 3.63) is 141 Å². The smallest absolute Gasteiger partial charge is 0.0814 e. The minimum absolute atomic E-state index is 0.0884. The van der Waals surface area contributed by atoms with Crippen LogP contribution in [0, 0.1) is 11.2 Å². The van der Waals surface area contributed by atoms with Crippen LogP contribution >= 0.6 is 0 Å². The van der Waals surface area contributed by atoms with Gasteiger partial charge in [-0.1, -0.05) is 185 Å². The van der Waals surface area contributed by atoms with Crippen molar-refractivity contribution in [2.45, 2.75) is 157 Å². The highest BCUT2D eigenvalue weighted by molar-refractivity contribution is 7.64. The molecule has 0 aliphatic carbocycles. The van der Waals surface area contributed by atoms with E-state index in [1.165, 1.54) is 33.4 Å². The van der Waals surface area contributed by atoms with Crippen LogP contribution in [0.2, 0.25) is 0 Å². The molecule has 2 aliphatic heterocycles. The lowest BCUT2D eigenvalue weighted by molar-refractivity contribution is 0.568. The highest BCUT2D eigenvalue weighted by atomic mass is 32.1. The molecule has 6 aromatic rings. The Morgan fingerprint density at radius 3 is 0.870 bits per heavy atom. The molecule has 8 rings (SSSR count). The molecular weight excluding hydrogens is 857 g/mol. The quantitative estimate of drug-likeness (QED) is 0.137. The fourth-order valence-corrected chi connectivity index (χ4v) is 9.32. The van der Waals surface area contributed by atoms with Gasteiger partial charge in [-0.25, -0.2) is 15.2 Å². The van der Waals surface area contributed by atoms with Crippen LogP contribution in [-0.2, 0) is 45.1 Å². The van der Waals surface area contributed by atoms with Crippen LogP contribution in [-0.4, -0.2) is 19.9 Å². The number of aromatic nitrogens is 4. The summed E-state index contributed by atoms with van der Waals surface area (Å²) in [5.74, 6) is 3.30. The molecule has 0 atom stereocenters. The summed E-state index contributed by atoms with van der Waals surface area (Å²) in [5, 5.41) is 2.82. The summed E-state index contributed by atoms with van der Waals surface area (Å²) in [4.78, 5) is 19.1. The van der Waals surface area contributed by atoms with Crippen molar-refractivity contribution in [2.24, 2.45) is 0 Å². The molecule has 5 heteroatoms. The van der Waals surface area contributed by atoms with Gasteiger partial charge in [-0.05, 0) is 131 Å². The summed E-state index contributed by atoms with van der Waals surface area (Å²) >= 11 is 5.40. The first kappa shape index (κ1) is 49.5. The molecule has 5 heterocycles. The summed E-state index contributed by atoms with van der Waals surface area (Å²) in [7, 11) is 0. The van der Waals surface area contributed by atoms with Crippen molar-refractivity contribution in [3.8, 4) is 44.6 Å². The third-order valence-electron chi connectivity index (χ3n) is 13.8. The molecule has 69 heavy (non-hydrogen) atoms. The Bertz CT molecular complexity index is 3160. The average molecular weight is 930 g/mol. The van der Waals surface area contributed by atoms with Gasteiger partial charge in [0, 0.05) is 33.2 Å². The number of H-pyrrole nitrogens is 2. The minimum Gasteiger partial charge on any atom is -0.724 e. The maximum Gasteiger partial charge on any atom is 0.0814 e. The molecule has 0 unspecified atom stereocenters. The van der Waals surface area contributed by atoms with Gasteiger partial charge in [-0.3, -0.25) is 0 Å². The number of nitrogens with one attached hydrogen (secondary N) is 2. The number of hydrogen-bond donors (Lipinski definition) is 2. The molecule has 0 saturated heterocycles. The molecule has 3 aromatic heterocycles. The van der Waals surface area contributed by atoms with Crippen molar-refractivity contribution in [3.63, 3.8) is 0 Å². The van der Waals surface area contributed by atoms with Crippen LogP contribution in [0.3, 0.4) is 0 Å². The highest BCUT2D eigenvalue weighted by Gasteiger charge is 2.27. The first-order chi connectivity index (χ1) is 31.9. The Morgan fingerprint density at radius 2 is 0.594 bits per heavy atom. The van der Waals surface area contributed by atoms with E-state index >= 15 is 0 Å². The van der Waals surface area contributed by atoms with Crippen molar-refractivity contribution in [2.75, 3.05) is 0 Å². The lowest BCUT2D eigenvalue weighted by Gasteiger charge is -2.26. The van der Waals surface area contributed by atoms with Crippen LogP contribution in [0.25, 0.3) is 79.8 Å². The zero-order valence-electron chi connectivity index (χ0n) is 44.6. The van der Waals surface area contributed by atoms with Gasteiger partial charge in [-0.15, -0.1) is 0 Å². The van der Waals surface area contributed by atoms with E-state index in [0.717, 1.165) is 83.8 Å². The van der Waals surface area contributed by atoms with Gasteiger partial charge in [0.15, 0.2) is 0 Å². The van der Waals surface area contributed by atoms with Gasteiger partial charge in [-0.2, -0.15) is 0 Å². The number of benzene rings is 3. The SMILES string of the molecule is CC(C)(C)c1cc(-c2c3nc(c(-c4cc(C(C)(C)C)cc(C(C)(C)C)c4)c4ccc([nH]4)c(-c4cc(C(C)(C)C)cc(C(C)(C)C)c4)c4nc(c(C#C[S-])c5ccc2[nH]5)C=C4)C=C3)cc(C(C)(C)C)c1. The monoisotopic (exact) mass is 930 g/mol. The predicted octanol–water partition coefficient (Wildman–Crippen LogP) is 17.3. The molecule has 2 N–H and O–H groups in total. The number of aromatic amines is 2. The normalized spacial score (nSPS) is 13.5. The Kier molecular flexibility index (Phi) is 12.3. The molecule has 0 fully saturated rings. The fourth-order valence-electron chi connectivity index (χ4n) is 9.21. The second-order valence-electron chi connectivity index (χ2n) is 25.6. The second-order valence-corrected chi connectivity index (χ2v) is 25.8. The van der Waals surface area contributed by atoms with Gasteiger partial charge in [0.1, 0.15) is 0 Å².